The van der Waals surface area contributed by atoms with Crippen molar-refractivity contribution < 1.29 is 0 Å². The Morgan fingerprint density at radius 2 is 0.667 bits per heavy atom. The highest BCUT2D eigenvalue weighted by atomic mass is 15.1. The van der Waals surface area contributed by atoms with Gasteiger partial charge in [-0.25, -0.2) is 0 Å². The monoisotopic (exact) mass is 725 g/mol. The van der Waals surface area contributed by atoms with E-state index < -0.39 is 0 Å². The number of rotatable bonds is 6. The molecule has 266 valence electrons. The third-order valence-electron chi connectivity index (χ3n) is 11.3. The van der Waals surface area contributed by atoms with Crippen LogP contribution in [0.3, 0.4) is 0 Å². The van der Waals surface area contributed by atoms with Crippen LogP contribution in [0.25, 0.3) is 87.5 Å². The maximum Gasteiger partial charge on any atom is 0.0702 e. The van der Waals surface area contributed by atoms with Gasteiger partial charge in [0, 0.05) is 51.4 Å². The van der Waals surface area contributed by atoms with Gasteiger partial charge in [0.25, 0.3) is 0 Å². The topological polar surface area (TPSA) is 29.0 Å². The smallest absolute Gasteiger partial charge is 0.0702 e. The molecule has 11 rings (SSSR count). The number of hydrogen-bond donors (Lipinski definition) is 0. The lowest BCUT2D eigenvalue weighted by Crippen LogP contribution is -2.09. The summed E-state index contributed by atoms with van der Waals surface area (Å²) in [5.74, 6) is 0. The second-order valence-corrected chi connectivity index (χ2v) is 14.7. The molecule has 57 heavy (non-hydrogen) atoms. The molecule has 9 aromatic carbocycles. The molecule has 0 atom stereocenters. The first-order valence-corrected chi connectivity index (χ1v) is 19.4. The van der Waals surface area contributed by atoms with Crippen LogP contribution in [-0.4, -0.2) is 9.97 Å². The van der Waals surface area contributed by atoms with Gasteiger partial charge in [-0.1, -0.05) is 127 Å². The Kier molecular flexibility index (Phi) is 7.82. The molecule has 0 aliphatic carbocycles. The molecular weight excluding hydrogens is 691 g/mol. The van der Waals surface area contributed by atoms with E-state index in [0.717, 1.165) is 61.1 Å². The van der Waals surface area contributed by atoms with Crippen LogP contribution in [0.4, 0.5) is 17.1 Å². The average Bonchev–Trinajstić information content (AvgIpc) is 3.29. The molecule has 3 heteroatoms. The van der Waals surface area contributed by atoms with Gasteiger partial charge in [-0.15, -0.1) is 0 Å². The molecular formula is C54H35N3. The molecule has 0 amide bonds. The minimum Gasteiger partial charge on any atom is -0.310 e. The molecule has 0 spiro atoms. The first kappa shape index (κ1) is 32.8. The van der Waals surface area contributed by atoms with E-state index in [1.165, 1.54) is 43.4 Å². The first-order valence-electron chi connectivity index (χ1n) is 19.4. The lowest BCUT2D eigenvalue weighted by atomic mass is 9.96. The van der Waals surface area contributed by atoms with E-state index in [0.29, 0.717) is 0 Å². The summed E-state index contributed by atoms with van der Waals surface area (Å²) in [6.45, 7) is 0. The fourth-order valence-electron chi connectivity index (χ4n) is 8.26. The molecule has 0 unspecified atom stereocenters. The van der Waals surface area contributed by atoms with Gasteiger partial charge >= 0.3 is 0 Å². The molecule has 0 bridgehead atoms. The summed E-state index contributed by atoms with van der Waals surface area (Å²) in [5.41, 5.74) is 12.2. The Bertz CT molecular complexity index is 3170. The van der Waals surface area contributed by atoms with Crippen LogP contribution in [0.2, 0.25) is 0 Å². The molecule has 2 heterocycles. The molecule has 0 saturated heterocycles. The number of benzene rings is 9. The Hall–Kier alpha value is -7.62. The fraction of sp³-hybridized carbons (Fsp3) is 0. The standard InChI is InChI=1S/C54H35N3/c1-2-8-39-29-40(14-13-36(39)7-1)41-21-27-51-42(30-41)15-16-43-33-50(26-28-52(43)51)57(48-22-17-37(18-23-48)46-31-44-9-3-5-11-53(44)55-34-46)49-24-19-38(20-25-49)47-32-45-10-4-6-12-54(45)56-35-47/h1-35H. The van der Waals surface area contributed by atoms with E-state index in [2.05, 4.69) is 193 Å². The van der Waals surface area contributed by atoms with Crippen molar-refractivity contribution in [3.63, 3.8) is 0 Å². The van der Waals surface area contributed by atoms with Crippen molar-refractivity contribution in [2.24, 2.45) is 0 Å². The van der Waals surface area contributed by atoms with Crippen LogP contribution in [0.5, 0.6) is 0 Å². The second-order valence-electron chi connectivity index (χ2n) is 14.7. The summed E-state index contributed by atoms with van der Waals surface area (Å²) in [5, 5.41) is 9.69. The largest absolute Gasteiger partial charge is 0.310 e. The van der Waals surface area contributed by atoms with Gasteiger partial charge < -0.3 is 4.90 Å². The van der Waals surface area contributed by atoms with Gasteiger partial charge in [0.1, 0.15) is 0 Å². The summed E-state index contributed by atoms with van der Waals surface area (Å²) in [4.78, 5) is 11.8. The SMILES string of the molecule is c1ccc2cc(-c3ccc4c(ccc5cc(N(c6ccc(-c7cnc8ccccc8c7)cc6)c6ccc(-c7cnc8ccccc8c7)cc6)ccc54)c3)ccc2c1. The van der Waals surface area contributed by atoms with E-state index in [4.69, 9.17) is 9.97 Å². The molecule has 0 N–H and O–H groups in total. The molecule has 11 aromatic rings. The maximum absolute atomic E-state index is 4.73. The zero-order valence-electron chi connectivity index (χ0n) is 31.0. The Labute approximate surface area is 330 Å². The van der Waals surface area contributed by atoms with Crippen LogP contribution in [0.1, 0.15) is 0 Å². The van der Waals surface area contributed by atoms with Crippen molar-refractivity contribution in [3.8, 4) is 33.4 Å². The Morgan fingerprint density at radius 3 is 1.26 bits per heavy atom. The van der Waals surface area contributed by atoms with E-state index in [1.807, 2.05) is 24.5 Å². The van der Waals surface area contributed by atoms with Crippen LogP contribution in [-0.2, 0) is 0 Å². The quantitative estimate of drug-likeness (QED) is 0.160. The van der Waals surface area contributed by atoms with E-state index >= 15 is 0 Å². The molecule has 0 saturated carbocycles. The molecule has 0 aliphatic heterocycles. The van der Waals surface area contributed by atoms with Crippen molar-refractivity contribution in [1.82, 2.24) is 9.97 Å². The zero-order chi connectivity index (χ0) is 37.7. The highest BCUT2D eigenvalue weighted by Crippen LogP contribution is 2.40. The van der Waals surface area contributed by atoms with Gasteiger partial charge in [-0.3, -0.25) is 9.97 Å². The minimum absolute atomic E-state index is 1.00. The van der Waals surface area contributed by atoms with Crippen molar-refractivity contribution >= 4 is 71.2 Å². The third kappa shape index (κ3) is 6.03. The van der Waals surface area contributed by atoms with E-state index in [-0.39, 0.29) is 0 Å². The summed E-state index contributed by atoms with van der Waals surface area (Å²) in [7, 11) is 0. The zero-order valence-corrected chi connectivity index (χ0v) is 31.0. The van der Waals surface area contributed by atoms with Crippen molar-refractivity contribution in [2.45, 2.75) is 0 Å². The number of hydrogen-bond acceptors (Lipinski definition) is 3. The van der Waals surface area contributed by atoms with Gasteiger partial charge in [-0.05, 0) is 127 Å². The predicted molar refractivity (Wildman–Crippen MR) is 241 cm³/mol. The highest BCUT2D eigenvalue weighted by Gasteiger charge is 2.15. The summed E-state index contributed by atoms with van der Waals surface area (Å²) < 4.78 is 0. The molecule has 0 radical (unpaired) electrons. The van der Waals surface area contributed by atoms with E-state index in [1.54, 1.807) is 0 Å². The summed E-state index contributed by atoms with van der Waals surface area (Å²) in [6.07, 6.45) is 3.93. The van der Waals surface area contributed by atoms with Crippen LogP contribution >= 0.6 is 0 Å². The Balaban J connectivity index is 0.981. The Morgan fingerprint density at radius 1 is 0.263 bits per heavy atom. The maximum atomic E-state index is 4.73. The lowest BCUT2D eigenvalue weighted by molar-refractivity contribution is 1.29. The molecule has 2 aromatic heterocycles. The highest BCUT2D eigenvalue weighted by molar-refractivity contribution is 6.09. The summed E-state index contributed by atoms with van der Waals surface area (Å²) in [6, 6.07) is 72.1. The van der Waals surface area contributed by atoms with Crippen molar-refractivity contribution in [2.75, 3.05) is 4.90 Å². The fourth-order valence-corrected chi connectivity index (χ4v) is 8.26. The number of pyridine rings is 2. The lowest BCUT2D eigenvalue weighted by Gasteiger charge is -2.26. The van der Waals surface area contributed by atoms with Crippen molar-refractivity contribution in [3.05, 3.63) is 213 Å². The van der Waals surface area contributed by atoms with Gasteiger partial charge in [0.2, 0.25) is 0 Å². The second kappa shape index (κ2) is 13.6. The van der Waals surface area contributed by atoms with Crippen LogP contribution in [0.15, 0.2) is 213 Å². The van der Waals surface area contributed by atoms with Crippen molar-refractivity contribution in [1.29, 1.82) is 0 Å². The molecule has 3 nitrogen and oxygen atoms in total. The van der Waals surface area contributed by atoms with Gasteiger partial charge in [0.05, 0.1) is 11.0 Å². The normalized spacial score (nSPS) is 11.5. The van der Waals surface area contributed by atoms with Crippen LogP contribution < -0.4 is 4.90 Å². The molecule has 0 aliphatic rings. The number of anilines is 3. The number of para-hydroxylation sites is 2. The van der Waals surface area contributed by atoms with Gasteiger partial charge in [-0.2, -0.15) is 0 Å². The van der Waals surface area contributed by atoms with Gasteiger partial charge in [0.15, 0.2) is 0 Å². The number of fused-ring (bicyclic) bond motifs is 6. The minimum atomic E-state index is 1.00. The van der Waals surface area contributed by atoms with E-state index in [9.17, 15) is 0 Å². The summed E-state index contributed by atoms with van der Waals surface area (Å²) >= 11 is 0. The number of nitrogens with zero attached hydrogens (tertiary/aromatic N) is 3. The average molecular weight is 726 g/mol. The van der Waals surface area contributed by atoms with Crippen LogP contribution in [0, 0.1) is 0 Å². The number of aromatic nitrogens is 2. The third-order valence-corrected chi connectivity index (χ3v) is 11.3. The first-order chi connectivity index (χ1) is 28.2. The molecule has 0 fully saturated rings. The predicted octanol–water partition coefficient (Wildman–Crippen LogP) is 14.7.